The molecule has 2 nitrogen and oxygen atoms in total. The Morgan fingerprint density at radius 2 is 2.17 bits per heavy atom. The Morgan fingerprint density at radius 3 is 2.72 bits per heavy atom. The number of nitrogens with zero attached hydrogens (tertiary/aromatic N) is 1. The normalized spacial score (nSPS) is 12.7. The number of hydrogen-bond donors (Lipinski definition) is 1. The van der Waals surface area contributed by atoms with E-state index < -0.39 is 0 Å². The van der Waals surface area contributed by atoms with E-state index >= 15 is 0 Å². The third kappa shape index (κ3) is 2.76. The molecule has 96 valence electrons. The van der Waals surface area contributed by atoms with Crippen molar-refractivity contribution in [3.05, 3.63) is 51.2 Å². The predicted octanol–water partition coefficient (Wildman–Crippen LogP) is 3.60. The van der Waals surface area contributed by atoms with Gasteiger partial charge in [-0.3, -0.25) is 0 Å². The van der Waals surface area contributed by atoms with Crippen molar-refractivity contribution in [3.8, 4) is 0 Å². The van der Waals surface area contributed by atoms with Gasteiger partial charge in [0, 0.05) is 11.1 Å². The average molecular weight is 264 g/mol. The maximum atomic E-state index is 13.7. The van der Waals surface area contributed by atoms with Gasteiger partial charge in [-0.05, 0) is 37.6 Å². The monoisotopic (exact) mass is 264 g/mol. The van der Waals surface area contributed by atoms with Crippen LogP contribution < -0.4 is 5.32 Å². The highest BCUT2D eigenvalue weighted by Crippen LogP contribution is 2.26. The first kappa shape index (κ1) is 13.2. The van der Waals surface area contributed by atoms with Crippen LogP contribution in [0.2, 0.25) is 0 Å². The van der Waals surface area contributed by atoms with Gasteiger partial charge in [0.05, 0.1) is 6.04 Å². The fourth-order valence-corrected chi connectivity index (χ4v) is 2.74. The van der Waals surface area contributed by atoms with Crippen LogP contribution in [0.25, 0.3) is 0 Å². The summed E-state index contributed by atoms with van der Waals surface area (Å²) in [7, 11) is 0. The Hall–Kier alpha value is -1.26. The number of thiazole rings is 1. The van der Waals surface area contributed by atoms with Crippen LogP contribution in [0.1, 0.15) is 34.8 Å². The van der Waals surface area contributed by atoms with Crippen molar-refractivity contribution in [1.82, 2.24) is 10.3 Å². The first-order valence-electron chi connectivity index (χ1n) is 6.03. The van der Waals surface area contributed by atoms with E-state index in [9.17, 15) is 4.39 Å². The molecule has 1 unspecified atom stereocenters. The van der Waals surface area contributed by atoms with Gasteiger partial charge in [-0.1, -0.05) is 19.1 Å². The van der Waals surface area contributed by atoms with Gasteiger partial charge in [0.15, 0.2) is 0 Å². The van der Waals surface area contributed by atoms with Crippen LogP contribution in [0.15, 0.2) is 23.6 Å². The van der Waals surface area contributed by atoms with Gasteiger partial charge < -0.3 is 5.32 Å². The second kappa shape index (κ2) is 5.59. The molecule has 0 bridgehead atoms. The van der Waals surface area contributed by atoms with Crippen molar-refractivity contribution in [2.45, 2.75) is 26.8 Å². The van der Waals surface area contributed by atoms with Crippen molar-refractivity contribution in [3.63, 3.8) is 0 Å². The number of aryl methyl sites for hydroxylation is 2. The van der Waals surface area contributed by atoms with E-state index in [0.717, 1.165) is 22.8 Å². The molecule has 0 spiro atoms. The van der Waals surface area contributed by atoms with Crippen LogP contribution in [0.5, 0.6) is 0 Å². The fourth-order valence-electron chi connectivity index (χ4n) is 1.85. The van der Waals surface area contributed by atoms with E-state index in [4.69, 9.17) is 0 Å². The Morgan fingerprint density at radius 1 is 1.39 bits per heavy atom. The van der Waals surface area contributed by atoms with Crippen LogP contribution in [-0.4, -0.2) is 11.5 Å². The molecular weight excluding hydrogens is 247 g/mol. The van der Waals surface area contributed by atoms with Crippen LogP contribution in [0.4, 0.5) is 4.39 Å². The van der Waals surface area contributed by atoms with Crippen molar-refractivity contribution in [1.29, 1.82) is 0 Å². The molecule has 0 aliphatic heterocycles. The minimum atomic E-state index is -0.163. The van der Waals surface area contributed by atoms with Crippen LogP contribution in [0, 0.1) is 19.7 Å². The van der Waals surface area contributed by atoms with Gasteiger partial charge in [-0.15, -0.1) is 11.3 Å². The van der Waals surface area contributed by atoms with E-state index in [2.05, 4.69) is 10.3 Å². The molecule has 1 atom stereocenters. The molecule has 1 N–H and O–H groups in total. The summed E-state index contributed by atoms with van der Waals surface area (Å²) in [6.45, 7) is 6.60. The van der Waals surface area contributed by atoms with Gasteiger partial charge in [-0.25, -0.2) is 9.37 Å². The molecule has 1 aromatic carbocycles. The number of aromatic nitrogens is 1. The van der Waals surface area contributed by atoms with E-state index in [1.54, 1.807) is 24.3 Å². The summed E-state index contributed by atoms with van der Waals surface area (Å²) in [5.41, 5.74) is 2.60. The molecule has 18 heavy (non-hydrogen) atoms. The standard InChI is InChI=1S/C14H17FN2S/c1-4-16-13(14-17-10(3)8-18-14)11-6-5-9(2)12(15)7-11/h5-8,13,16H,4H2,1-3H3. The summed E-state index contributed by atoms with van der Waals surface area (Å²) >= 11 is 1.61. The molecule has 2 rings (SSSR count). The number of halogens is 1. The topological polar surface area (TPSA) is 24.9 Å². The van der Waals surface area contributed by atoms with Gasteiger partial charge in [0.1, 0.15) is 10.8 Å². The van der Waals surface area contributed by atoms with Crippen LogP contribution in [0.3, 0.4) is 0 Å². The first-order chi connectivity index (χ1) is 8.61. The third-order valence-electron chi connectivity index (χ3n) is 2.82. The molecule has 0 fully saturated rings. The molecule has 0 aliphatic carbocycles. The number of rotatable bonds is 4. The highest BCUT2D eigenvalue weighted by atomic mass is 32.1. The summed E-state index contributed by atoms with van der Waals surface area (Å²) in [4.78, 5) is 4.49. The Labute approximate surface area is 111 Å². The second-order valence-corrected chi connectivity index (χ2v) is 5.22. The Kier molecular flexibility index (Phi) is 4.09. The number of nitrogens with one attached hydrogen (secondary N) is 1. The first-order valence-corrected chi connectivity index (χ1v) is 6.91. The number of benzene rings is 1. The zero-order chi connectivity index (χ0) is 13.1. The van der Waals surface area contributed by atoms with Crippen LogP contribution >= 0.6 is 11.3 Å². The van der Waals surface area contributed by atoms with E-state index in [0.29, 0.717) is 5.56 Å². The minimum absolute atomic E-state index is 0.0243. The molecule has 0 radical (unpaired) electrons. The maximum absolute atomic E-state index is 13.7. The van der Waals surface area contributed by atoms with Gasteiger partial charge in [-0.2, -0.15) is 0 Å². The van der Waals surface area contributed by atoms with Crippen molar-refractivity contribution < 1.29 is 4.39 Å². The molecule has 0 saturated heterocycles. The van der Waals surface area contributed by atoms with E-state index in [1.165, 1.54) is 0 Å². The molecule has 4 heteroatoms. The van der Waals surface area contributed by atoms with Crippen LogP contribution in [-0.2, 0) is 0 Å². The van der Waals surface area contributed by atoms with Gasteiger partial charge >= 0.3 is 0 Å². The second-order valence-electron chi connectivity index (χ2n) is 4.33. The minimum Gasteiger partial charge on any atom is -0.305 e. The van der Waals surface area contributed by atoms with Crippen molar-refractivity contribution >= 4 is 11.3 Å². The lowest BCUT2D eigenvalue weighted by atomic mass is 10.1. The van der Waals surface area contributed by atoms with Gasteiger partial charge in [0.2, 0.25) is 0 Å². The highest BCUT2D eigenvalue weighted by Gasteiger charge is 2.17. The zero-order valence-corrected chi connectivity index (χ0v) is 11.6. The lowest BCUT2D eigenvalue weighted by molar-refractivity contribution is 0.595. The SMILES string of the molecule is CCNC(c1ccc(C)c(F)c1)c1nc(C)cs1. The average Bonchev–Trinajstić information content (AvgIpc) is 2.76. The highest BCUT2D eigenvalue weighted by molar-refractivity contribution is 7.09. The van der Waals surface area contributed by atoms with E-state index in [1.807, 2.05) is 31.4 Å². The lowest BCUT2D eigenvalue weighted by Crippen LogP contribution is -2.22. The zero-order valence-electron chi connectivity index (χ0n) is 10.8. The molecular formula is C14H17FN2S. The van der Waals surface area contributed by atoms with Crippen molar-refractivity contribution in [2.24, 2.45) is 0 Å². The number of hydrogen-bond acceptors (Lipinski definition) is 3. The summed E-state index contributed by atoms with van der Waals surface area (Å²) in [6, 6.07) is 5.35. The summed E-state index contributed by atoms with van der Waals surface area (Å²) in [5.74, 6) is -0.163. The molecule has 2 aromatic rings. The third-order valence-corrected chi connectivity index (χ3v) is 3.85. The van der Waals surface area contributed by atoms with Crippen molar-refractivity contribution in [2.75, 3.05) is 6.54 Å². The lowest BCUT2D eigenvalue weighted by Gasteiger charge is -2.16. The smallest absolute Gasteiger partial charge is 0.126 e. The molecule has 1 aromatic heterocycles. The summed E-state index contributed by atoms with van der Waals surface area (Å²) in [6.07, 6.45) is 0. The Balaban J connectivity index is 2.37. The van der Waals surface area contributed by atoms with Gasteiger partial charge in [0.25, 0.3) is 0 Å². The molecule has 0 aliphatic rings. The van der Waals surface area contributed by atoms with E-state index in [-0.39, 0.29) is 11.9 Å². The fraction of sp³-hybridized carbons (Fsp3) is 0.357. The Bertz CT molecular complexity index is 536. The summed E-state index contributed by atoms with van der Waals surface area (Å²) < 4.78 is 13.7. The summed E-state index contributed by atoms with van der Waals surface area (Å²) in [5, 5.41) is 6.36. The predicted molar refractivity (Wildman–Crippen MR) is 73.5 cm³/mol. The molecule has 0 saturated carbocycles. The largest absolute Gasteiger partial charge is 0.305 e. The maximum Gasteiger partial charge on any atom is 0.126 e. The molecule has 1 heterocycles. The quantitative estimate of drug-likeness (QED) is 0.912. The molecule has 0 amide bonds.